The highest BCUT2D eigenvalue weighted by Gasteiger charge is 2.25. The number of rotatable bonds is 2. The first-order chi connectivity index (χ1) is 9.65. The van der Waals surface area contributed by atoms with Gasteiger partial charge in [-0.05, 0) is 35.7 Å². The largest absolute Gasteiger partial charge is 0.478 e. The maximum atomic E-state index is 12.1. The molecule has 1 amide bonds. The Morgan fingerprint density at radius 3 is 2.60 bits per heavy atom. The lowest BCUT2D eigenvalue weighted by atomic mass is 9.90. The molecule has 0 radical (unpaired) electrons. The quantitative estimate of drug-likeness (QED) is 0.878. The predicted molar refractivity (Wildman–Crippen MR) is 73.8 cm³/mol. The Labute approximate surface area is 116 Å². The Morgan fingerprint density at radius 2 is 1.90 bits per heavy atom. The number of carboxylic acids is 1. The molecular formula is C16H13NO3. The highest BCUT2D eigenvalue weighted by Crippen LogP contribution is 2.26. The van der Waals surface area contributed by atoms with Crippen LogP contribution < -0.4 is 5.32 Å². The molecule has 0 spiro atoms. The van der Waals surface area contributed by atoms with Gasteiger partial charge < -0.3 is 10.4 Å². The third kappa shape index (κ3) is 2.16. The lowest BCUT2D eigenvalue weighted by molar-refractivity contribution is 0.0695. The second kappa shape index (κ2) is 4.81. The van der Waals surface area contributed by atoms with Gasteiger partial charge in [0, 0.05) is 5.56 Å². The van der Waals surface area contributed by atoms with Crippen LogP contribution in [0.3, 0.4) is 0 Å². The molecule has 1 heterocycles. The molecule has 0 fully saturated rings. The lowest BCUT2D eigenvalue weighted by Gasteiger charge is -2.26. The van der Waals surface area contributed by atoms with E-state index >= 15 is 0 Å². The number of carbonyl (C=O) groups excluding carboxylic acids is 1. The van der Waals surface area contributed by atoms with Crippen molar-refractivity contribution in [3.8, 4) is 0 Å². The van der Waals surface area contributed by atoms with E-state index in [9.17, 15) is 9.59 Å². The van der Waals surface area contributed by atoms with Crippen molar-refractivity contribution >= 4 is 11.9 Å². The van der Waals surface area contributed by atoms with Crippen molar-refractivity contribution in [2.75, 3.05) is 0 Å². The van der Waals surface area contributed by atoms with Crippen LogP contribution in [0.4, 0.5) is 0 Å². The predicted octanol–water partition coefficient (Wildman–Crippen LogP) is 2.41. The minimum absolute atomic E-state index is 0.111. The van der Waals surface area contributed by atoms with E-state index in [1.807, 2.05) is 30.3 Å². The number of hydrogen-bond acceptors (Lipinski definition) is 2. The van der Waals surface area contributed by atoms with Crippen LogP contribution in [-0.2, 0) is 6.42 Å². The SMILES string of the molecule is O=C(O)c1ccc2c(c1)C[C@@H](c1ccccc1)NC2=O. The standard InChI is InChI=1S/C16H13NO3/c18-15-13-7-6-11(16(19)20)8-12(13)9-14(17-15)10-4-2-1-3-5-10/h1-8,14H,9H2,(H,17,18)(H,19,20)/t14-/m0/s1. The van der Waals surface area contributed by atoms with Gasteiger partial charge in [0.25, 0.3) is 5.91 Å². The van der Waals surface area contributed by atoms with Crippen molar-refractivity contribution in [3.63, 3.8) is 0 Å². The summed E-state index contributed by atoms with van der Waals surface area (Å²) in [5, 5.41) is 12.0. The van der Waals surface area contributed by atoms with E-state index in [0.29, 0.717) is 12.0 Å². The Morgan fingerprint density at radius 1 is 1.15 bits per heavy atom. The van der Waals surface area contributed by atoms with Gasteiger partial charge in [-0.15, -0.1) is 0 Å². The van der Waals surface area contributed by atoms with Crippen LogP contribution in [0, 0.1) is 0 Å². The highest BCUT2D eigenvalue weighted by atomic mass is 16.4. The molecule has 2 N–H and O–H groups in total. The molecule has 1 aliphatic heterocycles. The summed E-state index contributed by atoms with van der Waals surface area (Å²) in [5.74, 6) is -1.13. The van der Waals surface area contributed by atoms with Gasteiger partial charge in [-0.3, -0.25) is 4.79 Å². The molecule has 0 aliphatic carbocycles. The summed E-state index contributed by atoms with van der Waals surface area (Å²) >= 11 is 0. The smallest absolute Gasteiger partial charge is 0.335 e. The summed E-state index contributed by atoms with van der Waals surface area (Å²) in [6.45, 7) is 0. The molecule has 1 aliphatic rings. The van der Waals surface area contributed by atoms with Gasteiger partial charge in [-0.25, -0.2) is 4.79 Å². The third-order valence-corrected chi connectivity index (χ3v) is 3.53. The fraction of sp³-hybridized carbons (Fsp3) is 0.125. The van der Waals surface area contributed by atoms with Gasteiger partial charge in [-0.2, -0.15) is 0 Å². The molecule has 0 bridgehead atoms. The number of carboxylic acid groups (broad SMARTS) is 1. The van der Waals surface area contributed by atoms with Crippen molar-refractivity contribution in [3.05, 3.63) is 70.8 Å². The molecule has 0 aromatic heterocycles. The topological polar surface area (TPSA) is 66.4 Å². The normalized spacial score (nSPS) is 17.2. The van der Waals surface area contributed by atoms with Crippen LogP contribution in [0.2, 0.25) is 0 Å². The summed E-state index contributed by atoms with van der Waals surface area (Å²) in [6.07, 6.45) is 0.603. The van der Waals surface area contributed by atoms with E-state index in [0.717, 1.165) is 11.1 Å². The maximum absolute atomic E-state index is 12.1. The monoisotopic (exact) mass is 267 g/mol. The van der Waals surface area contributed by atoms with Gasteiger partial charge >= 0.3 is 5.97 Å². The first-order valence-electron chi connectivity index (χ1n) is 6.37. The third-order valence-electron chi connectivity index (χ3n) is 3.53. The summed E-state index contributed by atoms with van der Waals surface area (Å²) in [5.41, 5.74) is 2.57. The van der Waals surface area contributed by atoms with E-state index in [2.05, 4.69) is 5.32 Å². The Hall–Kier alpha value is -2.62. The first kappa shape index (κ1) is 12.4. The van der Waals surface area contributed by atoms with Crippen molar-refractivity contribution in [1.29, 1.82) is 0 Å². The van der Waals surface area contributed by atoms with E-state index in [1.54, 1.807) is 12.1 Å². The van der Waals surface area contributed by atoms with E-state index < -0.39 is 5.97 Å². The molecule has 2 aromatic carbocycles. The average Bonchev–Trinajstić information content (AvgIpc) is 2.47. The van der Waals surface area contributed by atoms with Crippen LogP contribution in [0.15, 0.2) is 48.5 Å². The van der Waals surface area contributed by atoms with Gasteiger partial charge in [0.05, 0.1) is 11.6 Å². The second-order valence-corrected chi connectivity index (χ2v) is 4.82. The second-order valence-electron chi connectivity index (χ2n) is 4.82. The molecule has 0 unspecified atom stereocenters. The molecule has 4 heteroatoms. The summed E-state index contributed by atoms with van der Waals surface area (Å²) in [6, 6.07) is 14.2. The molecule has 0 saturated heterocycles. The zero-order valence-corrected chi connectivity index (χ0v) is 10.7. The number of nitrogens with one attached hydrogen (secondary N) is 1. The number of aromatic carboxylic acids is 1. The Balaban J connectivity index is 1.99. The zero-order valence-electron chi connectivity index (χ0n) is 10.7. The number of hydrogen-bond donors (Lipinski definition) is 2. The maximum Gasteiger partial charge on any atom is 0.335 e. The molecule has 1 atom stereocenters. The zero-order chi connectivity index (χ0) is 14.1. The number of fused-ring (bicyclic) bond motifs is 1. The Bertz CT molecular complexity index is 679. The molecular weight excluding hydrogens is 254 g/mol. The molecule has 4 nitrogen and oxygen atoms in total. The summed E-state index contributed by atoms with van der Waals surface area (Å²) in [4.78, 5) is 23.1. The minimum atomic E-state index is -0.977. The summed E-state index contributed by atoms with van der Waals surface area (Å²) in [7, 11) is 0. The van der Waals surface area contributed by atoms with Crippen LogP contribution in [0.1, 0.15) is 37.9 Å². The minimum Gasteiger partial charge on any atom is -0.478 e. The van der Waals surface area contributed by atoms with E-state index in [1.165, 1.54) is 6.07 Å². The fourth-order valence-electron chi connectivity index (χ4n) is 2.51. The molecule has 3 rings (SSSR count). The number of amides is 1. The lowest BCUT2D eigenvalue weighted by Crippen LogP contribution is -2.35. The van der Waals surface area contributed by atoms with Crippen molar-refractivity contribution in [1.82, 2.24) is 5.32 Å². The van der Waals surface area contributed by atoms with E-state index in [4.69, 9.17) is 5.11 Å². The van der Waals surface area contributed by atoms with Crippen molar-refractivity contribution in [2.24, 2.45) is 0 Å². The highest BCUT2D eigenvalue weighted by molar-refractivity contribution is 5.98. The van der Waals surface area contributed by atoms with Crippen LogP contribution in [-0.4, -0.2) is 17.0 Å². The molecule has 2 aromatic rings. The van der Waals surface area contributed by atoms with Gasteiger partial charge in [-0.1, -0.05) is 30.3 Å². The van der Waals surface area contributed by atoms with E-state index in [-0.39, 0.29) is 17.5 Å². The van der Waals surface area contributed by atoms with Gasteiger partial charge in [0.1, 0.15) is 0 Å². The van der Waals surface area contributed by atoms with Gasteiger partial charge in [0.2, 0.25) is 0 Å². The van der Waals surface area contributed by atoms with Crippen molar-refractivity contribution in [2.45, 2.75) is 12.5 Å². The fourth-order valence-corrected chi connectivity index (χ4v) is 2.51. The number of carbonyl (C=O) groups is 2. The van der Waals surface area contributed by atoms with Crippen LogP contribution in [0.25, 0.3) is 0 Å². The Kier molecular flexibility index (Phi) is 2.99. The molecule has 20 heavy (non-hydrogen) atoms. The average molecular weight is 267 g/mol. The summed E-state index contributed by atoms with van der Waals surface area (Å²) < 4.78 is 0. The van der Waals surface area contributed by atoms with Gasteiger partial charge in [0.15, 0.2) is 0 Å². The first-order valence-corrected chi connectivity index (χ1v) is 6.37. The van der Waals surface area contributed by atoms with Crippen LogP contribution in [0.5, 0.6) is 0 Å². The molecule has 100 valence electrons. The molecule has 0 saturated carbocycles. The van der Waals surface area contributed by atoms with Crippen LogP contribution >= 0.6 is 0 Å². The number of benzene rings is 2. The van der Waals surface area contributed by atoms with Crippen molar-refractivity contribution < 1.29 is 14.7 Å².